The van der Waals surface area contributed by atoms with Crippen molar-refractivity contribution >= 4 is 17.2 Å². The number of carbonyl (C=O) groups is 1. The molecular formula is C15H22N2O2. The smallest absolute Gasteiger partial charge is 0.161 e. The minimum Gasteiger partial charge on any atom is -0.398 e. The Hall–Kier alpha value is -1.55. The number of ether oxygens (including phenoxy) is 1. The van der Waals surface area contributed by atoms with Crippen molar-refractivity contribution in [2.24, 2.45) is 0 Å². The van der Waals surface area contributed by atoms with Gasteiger partial charge in [0.15, 0.2) is 5.78 Å². The molecule has 4 nitrogen and oxygen atoms in total. The number of anilines is 2. The molecule has 1 aromatic rings. The van der Waals surface area contributed by atoms with Crippen molar-refractivity contribution in [3.8, 4) is 0 Å². The number of hydrogen-bond acceptors (Lipinski definition) is 4. The van der Waals surface area contributed by atoms with Gasteiger partial charge >= 0.3 is 0 Å². The van der Waals surface area contributed by atoms with E-state index in [9.17, 15) is 4.79 Å². The maximum atomic E-state index is 11.4. The average molecular weight is 262 g/mol. The first-order chi connectivity index (χ1) is 9.11. The van der Waals surface area contributed by atoms with Crippen LogP contribution < -0.4 is 10.6 Å². The Morgan fingerprint density at radius 2 is 2.11 bits per heavy atom. The SMILES string of the molecule is CCOC1CCN(c2ccc(C(C)=O)c(N)c2)CC1. The molecule has 0 amide bonds. The highest BCUT2D eigenvalue weighted by atomic mass is 16.5. The molecule has 104 valence electrons. The number of nitrogen functional groups attached to an aromatic ring is 1. The van der Waals surface area contributed by atoms with Gasteiger partial charge in [0, 0.05) is 36.6 Å². The molecule has 0 unspecified atom stereocenters. The fourth-order valence-corrected chi connectivity index (χ4v) is 2.58. The second-order valence-electron chi connectivity index (χ2n) is 4.97. The minimum atomic E-state index is 0.0131. The number of piperidine rings is 1. The van der Waals surface area contributed by atoms with Gasteiger partial charge in [-0.25, -0.2) is 0 Å². The van der Waals surface area contributed by atoms with E-state index >= 15 is 0 Å². The van der Waals surface area contributed by atoms with Crippen molar-refractivity contribution in [1.29, 1.82) is 0 Å². The van der Waals surface area contributed by atoms with Crippen molar-refractivity contribution in [2.75, 3.05) is 30.3 Å². The van der Waals surface area contributed by atoms with Crippen LogP contribution in [0.15, 0.2) is 18.2 Å². The lowest BCUT2D eigenvalue weighted by atomic mass is 10.0. The Balaban J connectivity index is 2.04. The zero-order valence-electron chi connectivity index (χ0n) is 11.7. The van der Waals surface area contributed by atoms with E-state index < -0.39 is 0 Å². The van der Waals surface area contributed by atoms with Gasteiger partial charge in [-0.3, -0.25) is 4.79 Å². The lowest BCUT2D eigenvalue weighted by Crippen LogP contribution is -2.37. The molecule has 1 saturated heterocycles. The molecule has 0 aliphatic carbocycles. The molecule has 2 N–H and O–H groups in total. The predicted octanol–water partition coefficient (Wildman–Crippen LogP) is 2.48. The van der Waals surface area contributed by atoms with Gasteiger partial charge in [0.25, 0.3) is 0 Å². The van der Waals surface area contributed by atoms with E-state index in [1.54, 1.807) is 6.92 Å². The first-order valence-corrected chi connectivity index (χ1v) is 6.88. The summed E-state index contributed by atoms with van der Waals surface area (Å²) < 4.78 is 5.65. The van der Waals surface area contributed by atoms with E-state index in [0.29, 0.717) is 17.4 Å². The molecule has 0 bridgehead atoms. The zero-order valence-corrected chi connectivity index (χ0v) is 11.7. The van der Waals surface area contributed by atoms with E-state index in [1.807, 2.05) is 25.1 Å². The molecule has 4 heteroatoms. The van der Waals surface area contributed by atoms with E-state index in [0.717, 1.165) is 38.2 Å². The second kappa shape index (κ2) is 6.06. The predicted molar refractivity (Wildman–Crippen MR) is 77.7 cm³/mol. The molecule has 0 saturated carbocycles. The third-order valence-electron chi connectivity index (χ3n) is 3.62. The number of carbonyl (C=O) groups excluding carboxylic acids is 1. The molecule has 1 fully saturated rings. The van der Waals surface area contributed by atoms with Crippen LogP contribution in [0.2, 0.25) is 0 Å². The standard InChI is InChI=1S/C15H22N2O2/c1-3-19-13-6-8-17(9-7-13)12-4-5-14(11(2)18)15(16)10-12/h4-5,10,13H,3,6-9,16H2,1-2H3. The highest BCUT2D eigenvalue weighted by molar-refractivity contribution is 5.99. The summed E-state index contributed by atoms with van der Waals surface area (Å²) in [5.74, 6) is 0.0131. The third kappa shape index (κ3) is 3.26. The fraction of sp³-hybridized carbons (Fsp3) is 0.533. The summed E-state index contributed by atoms with van der Waals surface area (Å²) in [4.78, 5) is 13.7. The number of hydrogen-bond donors (Lipinski definition) is 1. The molecule has 0 spiro atoms. The van der Waals surface area contributed by atoms with Crippen molar-refractivity contribution in [1.82, 2.24) is 0 Å². The molecule has 2 rings (SSSR count). The van der Waals surface area contributed by atoms with Crippen LogP contribution in [0.3, 0.4) is 0 Å². The Bertz CT molecular complexity index is 451. The molecule has 0 aromatic heterocycles. The van der Waals surface area contributed by atoms with Gasteiger partial charge in [-0.05, 0) is 44.9 Å². The second-order valence-corrected chi connectivity index (χ2v) is 4.97. The van der Waals surface area contributed by atoms with Crippen molar-refractivity contribution in [2.45, 2.75) is 32.8 Å². The minimum absolute atomic E-state index is 0.0131. The molecule has 1 heterocycles. The monoisotopic (exact) mass is 262 g/mol. The van der Waals surface area contributed by atoms with Crippen LogP contribution in [0, 0.1) is 0 Å². The molecular weight excluding hydrogens is 240 g/mol. The van der Waals surface area contributed by atoms with Crippen LogP contribution in [0.4, 0.5) is 11.4 Å². The molecule has 1 aliphatic rings. The van der Waals surface area contributed by atoms with Crippen LogP contribution >= 0.6 is 0 Å². The zero-order chi connectivity index (χ0) is 13.8. The van der Waals surface area contributed by atoms with Gasteiger partial charge in [-0.1, -0.05) is 0 Å². The topological polar surface area (TPSA) is 55.6 Å². The Morgan fingerprint density at radius 1 is 1.42 bits per heavy atom. The van der Waals surface area contributed by atoms with Gasteiger partial charge in [-0.15, -0.1) is 0 Å². The number of ketones is 1. The normalized spacial score (nSPS) is 16.6. The number of Topliss-reactive ketones (excluding diaryl/α,β-unsaturated/α-hetero) is 1. The number of benzene rings is 1. The van der Waals surface area contributed by atoms with Crippen LogP contribution in [0.25, 0.3) is 0 Å². The van der Waals surface area contributed by atoms with E-state index in [2.05, 4.69) is 4.90 Å². The molecule has 0 atom stereocenters. The van der Waals surface area contributed by atoms with Crippen molar-refractivity contribution in [3.63, 3.8) is 0 Å². The van der Waals surface area contributed by atoms with Crippen LogP contribution in [0.5, 0.6) is 0 Å². The summed E-state index contributed by atoms with van der Waals surface area (Å²) in [6, 6.07) is 5.70. The van der Waals surface area contributed by atoms with Crippen molar-refractivity contribution < 1.29 is 9.53 Å². The van der Waals surface area contributed by atoms with Gasteiger partial charge in [0.2, 0.25) is 0 Å². The highest BCUT2D eigenvalue weighted by Gasteiger charge is 2.20. The molecule has 1 aliphatic heterocycles. The number of rotatable bonds is 4. The largest absolute Gasteiger partial charge is 0.398 e. The summed E-state index contributed by atoms with van der Waals surface area (Å²) in [6.45, 7) is 6.31. The van der Waals surface area contributed by atoms with Gasteiger partial charge in [0.1, 0.15) is 0 Å². The highest BCUT2D eigenvalue weighted by Crippen LogP contribution is 2.25. The molecule has 1 aromatic carbocycles. The van der Waals surface area contributed by atoms with Gasteiger partial charge < -0.3 is 15.4 Å². The van der Waals surface area contributed by atoms with Gasteiger partial charge in [-0.2, -0.15) is 0 Å². The third-order valence-corrected chi connectivity index (χ3v) is 3.62. The maximum Gasteiger partial charge on any atom is 0.161 e. The summed E-state index contributed by atoms with van der Waals surface area (Å²) in [7, 11) is 0. The lowest BCUT2D eigenvalue weighted by molar-refractivity contribution is 0.0459. The number of nitrogens with zero attached hydrogens (tertiary/aromatic N) is 1. The van der Waals surface area contributed by atoms with Gasteiger partial charge in [0.05, 0.1) is 6.10 Å². The Morgan fingerprint density at radius 3 is 2.63 bits per heavy atom. The maximum absolute atomic E-state index is 11.4. The van der Waals surface area contributed by atoms with Crippen LogP contribution in [-0.4, -0.2) is 31.6 Å². The number of nitrogens with two attached hydrogens (primary N) is 1. The summed E-state index contributed by atoms with van der Waals surface area (Å²) in [6.07, 6.45) is 2.47. The summed E-state index contributed by atoms with van der Waals surface area (Å²) >= 11 is 0. The van der Waals surface area contributed by atoms with E-state index in [4.69, 9.17) is 10.5 Å². The van der Waals surface area contributed by atoms with E-state index in [-0.39, 0.29) is 5.78 Å². The summed E-state index contributed by atoms with van der Waals surface area (Å²) in [5.41, 5.74) is 8.20. The lowest BCUT2D eigenvalue weighted by Gasteiger charge is -2.33. The van der Waals surface area contributed by atoms with E-state index in [1.165, 1.54) is 0 Å². The molecule has 0 radical (unpaired) electrons. The average Bonchev–Trinajstić information content (AvgIpc) is 2.39. The fourth-order valence-electron chi connectivity index (χ4n) is 2.58. The quantitative estimate of drug-likeness (QED) is 0.669. The van der Waals surface area contributed by atoms with Crippen LogP contribution in [0.1, 0.15) is 37.0 Å². The first-order valence-electron chi connectivity index (χ1n) is 6.88. The van der Waals surface area contributed by atoms with Crippen molar-refractivity contribution in [3.05, 3.63) is 23.8 Å². The Labute approximate surface area is 114 Å². The summed E-state index contributed by atoms with van der Waals surface area (Å²) in [5, 5.41) is 0. The molecule has 19 heavy (non-hydrogen) atoms. The first kappa shape index (κ1) is 13.9. The van der Waals surface area contributed by atoms with Crippen LogP contribution in [-0.2, 0) is 4.74 Å². The Kier molecular flexibility index (Phi) is 4.43.